The average molecular weight is 422 g/mol. The van der Waals surface area contributed by atoms with E-state index in [4.69, 9.17) is 0 Å². The van der Waals surface area contributed by atoms with Crippen molar-refractivity contribution in [2.75, 3.05) is 7.05 Å². The second-order valence-corrected chi connectivity index (χ2v) is 7.43. The molecule has 0 bridgehead atoms. The number of rotatable bonds is 3. The summed E-state index contributed by atoms with van der Waals surface area (Å²) < 4.78 is 2.27. The lowest BCUT2D eigenvalue weighted by Gasteiger charge is -2.23. The molecule has 1 amide bonds. The maximum Gasteiger partial charge on any atom is 0.254 e. The van der Waals surface area contributed by atoms with E-state index in [0.29, 0.717) is 5.56 Å². The van der Waals surface area contributed by atoms with Crippen molar-refractivity contribution >= 4 is 50.1 Å². The van der Waals surface area contributed by atoms with E-state index in [9.17, 15) is 4.79 Å². The normalized spacial score (nSPS) is 12.3. The number of hydrogen-bond acceptors (Lipinski definition) is 3. The zero-order valence-corrected chi connectivity index (χ0v) is 15.3. The maximum absolute atomic E-state index is 12.6. The van der Waals surface area contributed by atoms with Gasteiger partial charge in [0.05, 0.1) is 16.3 Å². The van der Waals surface area contributed by atoms with Gasteiger partial charge < -0.3 is 4.90 Å². The smallest absolute Gasteiger partial charge is 0.254 e. The summed E-state index contributed by atoms with van der Waals surface area (Å²) in [4.78, 5) is 19.0. The molecule has 0 N–H and O–H groups in total. The molecule has 1 atom stereocenters. The van der Waals surface area contributed by atoms with Gasteiger partial charge in [-0.3, -0.25) is 4.79 Å². The summed E-state index contributed by atoms with van der Waals surface area (Å²) in [5.74, 6) is 0.0168. The highest BCUT2D eigenvalue weighted by molar-refractivity contribution is 14.1. The van der Waals surface area contributed by atoms with Crippen LogP contribution >= 0.6 is 33.9 Å². The fraction of sp³-hybridized carbons (Fsp3) is 0.176. The van der Waals surface area contributed by atoms with Crippen molar-refractivity contribution in [2.45, 2.75) is 13.0 Å². The number of aromatic nitrogens is 1. The average Bonchev–Trinajstić information content (AvgIpc) is 2.97. The molecule has 2 aromatic carbocycles. The van der Waals surface area contributed by atoms with Crippen molar-refractivity contribution in [3.63, 3.8) is 0 Å². The van der Waals surface area contributed by atoms with Gasteiger partial charge in [-0.1, -0.05) is 12.1 Å². The predicted octanol–water partition coefficient (Wildman–Crippen LogP) is 4.73. The Morgan fingerprint density at radius 1 is 1.18 bits per heavy atom. The Hall–Kier alpha value is -1.47. The SMILES string of the molecule is CC(c1nc2ccccc2s1)N(C)C(=O)c1ccc(I)cc1. The lowest BCUT2D eigenvalue weighted by atomic mass is 10.2. The number of nitrogens with zero attached hydrogens (tertiary/aromatic N) is 2. The minimum Gasteiger partial charge on any atom is -0.333 e. The molecule has 0 fully saturated rings. The monoisotopic (exact) mass is 422 g/mol. The second-order valence-electron chi connectivity index (χ2n) is 5.12. The first-order valence-corrected chi connectivity index (χ1v) is 8.84. The first-order valence-electron chi connectivity index (χ1n) is 6.94. The van der Waals surface area contributed by atoms with Gasteiger partial charge in [0.25, 0.3) is 5.91 Å². The van der Waals surface area contributed by atoms with Crippen LogP contribution in [0.5, 0.6) is 0 Å². The predicted molar refractivity (Wildman–Crippen MR) is 99.3 cm³/mol. The van der Waals surface area contributed by atoms with Crippen molar-refractivity contribution in [3.8, 4) is 0 Å². The van der Waals surface area contributed by atoms with E-state index in [1.54, 1.807) is 16.2 Å². The Bertz CT molecular complexity index is 780. The highest BCUT2D eigenvalue weighted by Gasteiger charge is 2.21. The Morgan fingerprint density at radius 2 is 1.86 bits per heavy atom. The van der Waals surface area contributed by atoms with Crippen LogP contribution in [-0.4, -0.2) is 22.8 Å². The van der Waals surface area contributed by atoms with Crippen LogP contribution < -0.4 is 0 Å². The van der Waals surface area contributed by atoms with Gasteiger partial charge in [-0.05, 0) is 65.9 Å². The molecule has 112 valence electrons. The first-order chi connectivity index (χ1) is 10.6. The number of hydrogen-bond donors (Lipinski definition) is 0. The molecule has 0 aliphatic rings. The quantitative estimate of drug-likeness (QED) is 0.572. The molecule has 0 aliphatic heterocycles. The Kier molecular flexibility index (Phi) is 4.44. The molecule has 0 radical (unpaired) electrons. The Morgan fingerprint density at radius 3 is 2.55 bits per heavy atom. The van der Waals surface area contributed by atoms with Gasteiger partial charge in [-0.15, -0.1) is 11.3 Å². The summed E-state index contributed by atoms with van der Waals surface area (Å²) in [6.07, 6.45) is 0. The number of amides is 1. The van der Waals surface area contributed by atoms with E-state index in [0.717, 1.165) is 18.8 Å². The molecule has 0 spiro atoms. The van der Waals surface area contributed by atoms with Crippen molar-refractivity contribution in [1.82, 2.24) is 9.88 Å². The number of carbonyl (C=O) groups excluding carboxylic acids is 1. The molecule has 3 nitrogen and oxygen atoms in total. The van der Waals surface area contributed by atoms with Crippen LogP contribution in [0.25, 0.3) is 10.2 Å². The van der Waals surface area contributed by atoms with Crippen molar-refractivity contribution < 1.29 is 4.79 Å². The van der Waals surface area contributed by atoms with Crippen LogP contribution in [0, 0.1) is 3.57 Å². The fourth-order valence-corrected chi connectivity index (χ4v) is 3.63. The van der Waals surface area contributed by atoms with Gasteiger partial charge in [0.1, 0.15) is 5.01 Å². The van der Waals surface area contributed by atoms with Gasteiger partial charge >= 0.3 is 0 Å². The van der Waals surface area contributed by atoms with E-state index >= 15 is 0 Å². The summed E-state index contributed by atoms with van der Waals surface area (Å²) in [6.45, 7) is 2.02. The van der Waals surface area contributed by atoms with Gasteiger partial charge in [0.15, 0.2) is 0 Å². The van der Waals surface area contributed by atoms with Gasteiger partial charge in [0, 0.05) is 16.2 Å². The molecule has 5 heteroatoms. The first kappa shape index (κ1) is 15.4. The third-order valence-electron chi connectivity index (χ3n) is 3.66. The van der Waals surface area contributed by atoms with Gasteiger partial charge in [-0.25, -0.2) is 4.98 Å². The largest absolute Gasteiger partial charge is 0.333 e. The van der Waals surface area contributed by atoms with E-state index in [-0.39, 0.29) is 11.9 Å². The second kappa shape index (κ2) is 6.34. The van der Waals surface area contributed by atoms with Crippen molar-refractivity contribution in [2.24, 2.45) is 0 Å². The number of fused-ring (bicyclic) bond motifs is 1. The maximum atomic E-state index is 12.6. The summed E-state index contributed by atoms with van der Waals surface area (Å²) in [7, 11) is 1.83. The molecule has 1 unspecified atom stereocenters. The molecule has 0 saturated heterocycles. The molecule has 3 rings (SSSR count). The summed E-state index contributed by atoms with van der Waals surface area (Å²) in [5, 5.41) is 0.961. The number of benzene rings is 2. The minimum atomic E-state index is -0.0517. The van der Waals surface area contributed by atoms with E-state index in [1.807, 2.05) is 56.4 Å². The van der Waals surface area contributed by atoms with E-state index in [1.165, 1.54) is 0 Å². The Labute approximate surface area is 147 Å². The number of carbonyl (C=O) groups is 1. The van der Waals surface area contributed by atoms with Crippen molar-refractivity contribution in [1.29, 1.82) is 0 Å². The zero-order chi connectivity index (χ0) is 15.7. The van der Waals surface area contributed by atoms with E-state index in [2.05, 4.69) is 33.6 Å². The van der Waals surface area contributed by atoms with Gasteiger partial charge in [-0.2, -0.15) is 0 Å². The number of thiazole rings is 1. The van der Waals surface area contributed by atoms with Crippen LogP contribution in [-0.2, 0) is 0 Å². The minimum absolute atomic E-state index is 0.0168. The fourth-order valence-electron chi connectivity index (χ4n) is 2.21. The molecule has 22 heavy (non-hydrogen) atoms. The molecule has 1 aromatic heterocycles. The third-order valence-corrected chi connectivity index (χ3v) is 5.59. The summed E-state index contributed by atoms with van der Waals surface area (Å²) in [6, 6.07) is 15.6. The number of halogens is 1. The highest BCUT2D eigenvalue weighted by Crippen LogP contribution is 2.29. The highest BCUT2D eigenvalue weighted by atomic mass is 127. The van der Waals surface area contributed by atoms with Crippen LogP contribution in [0.15, 0.2) is 48.5 Å². The van der Waals surface area contributed by atoms with Crippen LogP contribution in [0.2, 0.25) is 0 Å². The van der Waals surface area contributed by atoms with Crippen LogP contribution in [0.4, 0.5) is 0 Å². The summed E-state index contributed by atoms with van der Waals surface area (Å²) >= 11 is 3.88. The van der Waals surface area contributed by atoms with Gasteiger partial charge in [0.2, 0.25) is 0 Å². The molecule has 0 aliphatic carbocycles. The topological polar surface area (TPSA) is 33.2 Å². The molecular formula is C17H15IN2OS. The van der Waals surface area contributed by atoms with Crippen molar-refractivity contribution in [3.05, 3.63) is 62.7 Å². The van der Waals surface area contributed by atoms with Crippen LogP contribution in [0.3, 0.4) is 0 Å². The molecule has 0 saturated carbocycles. The molecular weight excluding hydrogens is 407 g/mol. The number of para-hydroxylation sites is 1. The third kappa shape index (κ3) is 3.01. The summed E-state index contributed by atoms with van der Waals surface area (Å²) in [5.41, 5.74) is 1.69. The standard InChI is InChI=1S/C17H15IN2OS/c1-11(16-19-14-5-3-4-6-15(14)22-16)20(2)17(21)12-7-9-13(18)10-8-12/h3-11H,1-2H3. The lowest BCUT2D eigenvalue weighted by Crippen LogP contribution is -2.29. The Balaban J connectivity index is 1.85. The van der Waals surface area contributed by atoms with Crippen LogP contribution in [0.1, 0.15) is 28.3 Å². The lowest BCUT2D eigenvalue weighted by molar-refractivity contribution is 0.0742. The molecule has 3 aromatic rings. The zero-order valence-electron chi connectivity index (χ0n) is 12.3. The molecule has 1 heterocycles. The van der Waals surface area contributed by atoms with E-state index < -0.39 is 0 Å².